The third-order valence-electron chi connectivity index (χ3n) is 24.4. The Balaban J connectivity index is 0.740. The summed E-state index contributed by atoms with van der Waals surface area (Å²) in [5, 5.41) is 0. The molecule has 6 aromatic rings. The van der Waals surface area contributed by atoms with Gasteiger partial charge in [0.1, 0.15) is 0 Å². The number of nitrogens with zero attached hydrogens (tertiary/aromatic N) is 10. The standard InChI is InChI=1S/C93H114N10O12/c1-61(52-95(46-37-64(4)55-98-82(104)70-22-10-11-23-71(70)83(98)105)47-38-65(5)56-99-84(106)72-24-12-13-25-73(72)85(99)107)34-43-94(44-35-62(2)53-96(48-39-66(6)57-100-86(108)74-26-14-15-27-75(74)87(100)109)49-40-67(7)58-101-88(110)76-28-16-17-29-77(76)89(101)111)45-36-63(3)54-97(50-41-68(8)59-102-90(112)78-30-18-19-31-79(78)91(102)113)51-42-69(9)60-103-92(114)80-32-20-21-33-81(80)93(103)115/h10-33,61-69H,34-60H2,1-9H3. The fourth-order valence-corrected chi connectivity index (χ4v) is 17.3. The zero-order chi connectivity index (χ0) is 81.9. The molecular weight excluding hydrogens is 1450 g/mol. The van der Waals surface area contributed by atoms with Crippen molar-refractivity contribution in [2.45, 2.75) is 120 Å². The van der Waals surface area contributed by atoms with Crippen LogP contribution < -0.4 is 0 Å². The van der Waals surface area contributed by atoms with E-state index in [1.54, 1.807) is 146 Å². The van der Waals surface area contributed by atoms with Gasteiger partial charge in [0.2, 0.25) is 0 Å². The summed E-state index contributed by atoms with van der Waals surface area (Å²) < 4.78 is 0. The molecule has 12 amide bonds. The van der Waals surface area contributed by atoms with Crippen LogP contribution in [0.3, 0.4) is 0 Å². The number of hydrogen-bond donors (Lipinski definition) is 0. The van der Waals surface area contributed by atoms with E-state index in [2.05, 4.69) is 81.9 Å². The molecule has 22 heteroatoms. The van der Waals surface area contributed by atoms with Crippen LogP contribution in [0.1, 0.15) is 244 Å². The summed E-state index contributed by atoms with van der Waals surface area (Å²) in [6.45, 7) is 30.1. The molecule has 9 atom stereocenters. The van der Waals surface area contributed by atoms with Gasteiger partial charge in [-0.2, -0.15) is 0 Å². The molecule has 0 N–H and O–H groups in total. The average molecular weight is 1560 g/mol. The van der Waals surface area contributed by atoms with Crippen LogP contribution in [-0.2, 0) is 0 Å². The predicted octanol–water partition coefficient (Wildman–Crippen LogP) is 13.2. The highest BCUT2D eigenvalue weighted by Crippen LogP contribution is 2.32. The second-order valence-electron chi connectivity index (χ2n) is 34.4. The first-order valence-electron chi connectivity index (χ1n) is 41.8. The molecule has 0 fully saturated rings. The highest BCUT2D eigenvalue weighted by atomic mass is 16.2. The van der Waals surface area contributed by atoms with Crippen molar-refractivity contribution in [3.63, 3.8) is 0 Å². The second kappa shape index (κ2) is 38.2. The molecule has 6 aliphatic heterocycles. The maximum absolute atomic E-state index is 13.6. The van der Waals surface area contributed by atoms with Crippen molar-refractivity contribution in [3.05, 3.63) is 212 Å². The first-order chi connectivity index (χ1) is 55.2. The van der Waals surface area contributed by atoms with E-state index >= 15 is 0 Å². The van der Waals surface area contributed by atoms with E-state index in [0.717, 1.165) is 97.1 Å². The summed E-state index contributed by atoms with van der Waals surface area (Å²) in [4.78, 5) is 181. The number of rotatable bonds is 45. The minimum atomic E-state index is -0.273. The number of carbonyl (C=O) groups is 12. The van der Waals surface area contributed by atoms with Crippen molar-refractivity contribution < 1.29 is 57.5 Å². The van der Waals surface area contributed by atoms with E-state index in [9.17, 15) is 57.5 Å². The lowest BCUT2D eigenvalue weighted by atomic mass is 10.0. The van der Waals surface area contributed by atoms with Gasteiger partial charge in [0.05, 0.1) is 66.8 Å². The average Bonchev–Trinajstić information content (AvgIpc) is 1.68. The first kappa shape index (κ1) is 84.4. The van der Waals surface area contributed by atoms with Crippen LogP contribution in [-0.4, -0.2) is 238 Å². The van der Waals surface area contributed by atoms with Crippen LogP contribution in [0.2, 0.25) is 0 Å². The normalized spacial score (nSPS) is 17.6. The van der Waals surface area contributed by atoms with E-state index in [1.165, 1.54) is 29.4 Å². The van der Waals surface area contributed by atoms with Gasteiger partial charge < -0.3 is 19.6 Å². The van der Waals surface area contributed by atoms with E-state index in [4.69, 9.17) is 0 Å². The third-order valence-corrected chi connectivity index (χ3v) is 24.4. The Labute approximate surface area is 677 Å². The van der Waals surface area contributed by atoms with Crippen LogP contribution in [0, 0.1) is 53.3 Å². The van der Waals surface area contributed by atoms with Crippen LogP contribution in [0.15, 0.2) is 146 Å². The molecule has 0 spiro atoms. The van der Waals surface area contributed by atoms with Crippen molar-refractivity contribution in [2.75, 3.05) is 118 Å². The van der Waals surface area contributed by atoms with Crippen molar-refractivity contribution in [1.82, 2.24) is 49.0 Å². The Morgan fingerprint density at radius 3 is 0.426 bits per heavy atom. The van der Waals surface area contributed by atoms with E-state index < -0.39 is 0 Å². The van der Waals surface area contributed by atoms with Crippen molar-refractivity contribution in [3.8, 4) is 0 Å². The smallest absolute Gasteiger partial charge is 0.261 e. The Morgan fingerprint density at radius 1 is 0.183 bits per heavy atom. The number of carbonyl (C=O) groups excluding carboxylic acids is 12. The van der Waals surface area contributed by atoms with E-state index in [1.807, 2.05) is 0 Å². The molecule has 0 bridgehead atoms. The zero-order valence-electron chi connectivity index (χ0n) is 68.5. The lowest BCUT2D eigenvalue weighted by Crippen LogP contribution is -2.39. The van der Waals surface area contributed by atoms with Gasteiger partial charge in [0.15, 0.2) is 0 Å². The van der Waals surface area contributed by atoms with Crippen LogP contribution in [0.25, 0.3) is 0 Å². The number of imide groups is 6. The summed E-state index contributed by atoms with van der Waals surface area (Å²) in [5.41, 5.74) is 5.12. The van der Waals surface area contributed by atoms with Gasteiger partial charge in [-0.05, 0) is 243 Å². The maximum atomic E-state index is 13.6. The quantitative estimate of drug-likeness (QED) is 0.0323. The molecule has 6 aromatic carbocycles. The molecule has 12 rings (SSSR count). The molecule has 0 aliphatic carbocycles. The van der Waals surface area contributed by atoms with Gasteiger partial charge in [0, 0.05) is 58.9 Å². The molecular formula is C93H114N10O12. The van der Waals surface area contributed by atoms with Gasteiger partial charge in [-0.1, -0.05) is 135 Å². The fraction of sp³-hybridized carbons (Fsp3) is 0.484. The zero-order valence-corrected chi connectivity index (χ0v) is 68.5. The molecule has 6 aliphatic rings. The molecule has 0 saturated heterocycles. The lowest BCUT2D eigenvalue weighted by Gasteiger charge is -2.32. The minimum absolute atomic E-state index is 0.00949. The first-order valence-corrected chi connectivity index (χ1v) is 41.8. The summed E-state index contributed by atoms with van der Waals surface area (Å²) in [7, 11) is 0. The van der Waals surface area contributed by atoms with E-state index in [-0.39, 0.29) is 124 Å². The summed E-state index contributed by atoms with van der Waals surface area (Å²) in [6.07, 6.45) is 6.94. The number of hydrogen-bond acceptors (Lipinski definition) is 16. The number of fused-ring (bicyclic) bond motifs is 6. The largest absolute Gasteiger partial charge is 0.303 e. The van der Waals surface area contributed by atoms with Crippen molar-refractivity contribution in [2.24, 2.45) is 53.3 Å². The van der Waals surface area contributed by atoms with Crippen LogP contribution in [0.4, 0.5) is 0 Å². The fourth-order valence-electron chi connectivity index (χ4n) is 17.3. The summed E-state index contributed by atoms with van der Waals surface area (Å²) >= 11 is 0. The molecule has 0 aromatic heterocycles. The monoisotopic (exact) mass is 1560 g/mol. The lowest BCUT2D eigenvalue weighted by molar-refractivity contribution is 0.0606. The summed E-state index contributed by atoms with van der Waals surface area (Å²) in [5.74, 6) is -2.68. The predicted molar refractivity (Wildman–Crippen MR) is 441 cm³/mol. The van der Waals surface area contributed by atoms with Gasteiger partial charge in [-0.25, -0.2) is 0 Å². The summed E-state index contributed by atoms with van der Waals surface area (Å²) in [6, 6.07) is 41.8. The topological polar surface area (TPSA) is 237 Å². The number of benzene rings is 6. The molecule has 0 radical (unpaired) electrons. The highest BCUT2D eigenvalue weighted by Gasteiger charge is 2.42. The van der Waals surface area contributed by atoms with Gasteiger partial charge >= 0.3 is 0 Å². The van der Waals surface area contributed by atoms with Crippen molar-refractivity contribution in [1.29, 1.82) is 0 Å². The molecule has 22 nitrogen and oxygen atoms in total. The Kier molecular flexibility index (Phi) is 28.0. The van der Waals surface area contributed by atoms with Gasteiger partial charge in [-0.15, -0.1) is 0 Å². The van der Waals surface area contributed by atoms with E-state index in [0.29, 0.717) is 145 Å². The van der Waals surface area contributed by atoms with Crippen molar-refractivity contribution >= 4 is 70.9 Å². The second-order valence-corrected chi connectivity index (χ2v) is 34.4. The van der Waals surface area contributed by atoms with Crippen LogP contribution in [0.5, 0.6) is 0 Å². The molecule has 6 heterocycles. The molecule has 0 saturated carbocycles. The molecule has 608 valence electrons. The van der Waals surface area contributed by atoms with Crippen LogP contribution >= 0.6 is 0 Å². The minimum Gasteiger partial charge on any atom is -0.303 e. The SMILES string of the molecule is CC(CCN(CCC(C)CN(CCC(C)CN1C(=O)c2ccccc2C1=O)CCC(C)CN1C(=O)c2ccccc2C1=O)CCC(C)CN(CCC(C)CN1C(=O)c2ccccc2C1=O)CCC(C)CN1C(=O)c2ccccc2C1=O)CN(CCC(C)CN1C(=O)c2ccccc2C1=O)CCC(C)CN1C(=O)c2ccccc2C1=O. The highest BCUT2D eigenvalue weighted by molar-refractivity contribution is 6.25. The molecule has 115 heavy (non-hydrogen) atoms. The Morgan fingerprint density at radius 2 is 0.296 bits per heavy atom. The Hall–Kier alpha value is -10.0. The number of amides is 12. The maximum Gasteiger partial charge on any atom is 0.261 e. The Bertz CT molecular complexity index is 3710. The molecule has 9 unspecified atom stereocenters. The van der Waals surface area contributed by atoms with Gasteiger partial charge in [0.25, 0.3) is 70.9 Å². The van der Waals surface area contributed by atoms with Gasteiger partial charge in [-0.3, -0.25) is 86.9 Å². The third kappa shape index (κ3) is 19.9.